The van der Waals surface area contributed by atoms with E-state index in [1.54, 1.807) is 42.5 Å². The van der Waals surface area contributed by atoms with Crippen molar-refractivity contribution in [3.05, 3.63) is 106 Å². The lowest BCUT2D eigenvalue weighted by atomic mass is 9.88. The Hall–Kier alpha value is -4.23. The number of benzene rings is 3. The SMILES string of the molecule is COc1cccc2cc(C(=O)C[C@]3(O)C(=O)N(CCc4ccccc4)c4ccccc43)c(=O)oc12. The van der Waals surface area contributed by atoms with Crippen LogP contribution in [-0.2, 0) is 16.8 Å². The van der Waals surface area contributed by atoms with Gasteiger partial charge >= 0.3 is 5.63 Å². The van der Waals surface area contributed by atoms with Crippen molar-refractivity contribution in [2.24, 2.45) is 0 Å². The average Bonchev–Trinajstić information content (AvgIpc) is 3.08. The number of fused-ring (bicyclic) bond motifs is 2. The smallest absolute Gasteiger partial charge is 0.347 e. The summed E-state index contributed by atoms with van der Waals surface area (Å²) < 4.78 is 10.6. The molecule has 0 saturated heterocycles. The van der Waals surface area contributed by atoms with Crippen molar-refractivity contribution in [3.8, 4) is 5.75 Å². The van der Waals surface area contributed by atoms with Crippen LogP contribution in [0.5, 0.6) is 5.75 Å². The number of ether oxygens (including phenoxy) is 1. The Balaban J connectivity index is 1.46. The number of para-hydroxylation sites is 2. The standard InChI is InChI=1S/C28H23NO6/c1-34-24-13-7-10-19-16-20(26(31)35-25(19)24)23(30)17-28(33)21-11-5-6-12-22(21)29(27(28)32)15-14-18-8-3-2-4-9-18/h2-13,16,33H,14-15,17H2,1H3/t28-/m1/s1. The van der Waals surface area contributed by atoms with Gasteiger partial charge in [0.2, 0.25) is 0 Å². The number of Topliss-reactive ketones (excluding diaryl/α,β-unsaturated/α-hetero) is 1. The number of methoxy groups -OCH3 is 1. The van der Waals surface area contributed by atoms with E-state index in [2.05, 4.69) is 0 Å². The molecule has 1 atom stereocenters. The van der Waals surface area contributed by atoms with Gasteiger partial charge in [-0.25, -0.2) is 4.79 Å². The third-order valence-electron chi connectivity index (χ3n) is 6.37. The first-order valence-corrected chi connectivity index (χ1v) is 11.2. The van der Waals surface area contributed by atoms with Gasteiger partial charge in [0, 0.05) is 17.5 Å². The Morgan fingerprint density at radius 3 is 2.51 bits per heavy atom. The van der Waals surface area contributed by atoms with Crippen molar-refractivity contribution in [1.29, 1.82) is 0 Å². The third kappa shape index (κ3) is 3.90. The van der Waals surface area contributed by atoms with E-state index in [0.717, 1.165) is 5.56 Å². The number of aliphatic hydroxyl groups is 1. The van der Waals surface area contributed by atoms with Crippen LogP contribution in [0.25, 0.3) is 11.0 Å². The van der Waals surface area contributed by atoms with Crippen LogP contribution >= 0.6 is 0 Å². The Labute approximate surface area is 201 Å². The Bertz CT molecular complexity index is 1490. The maximum absolute atomic E-state index is 13.5. The summed E-state index contributed by atoms with van der Waals surface area (Å²) in [5.41, 5.74) is -0.988. The number of rotatable bonds is 7. The van der Waals surface area contributed by atoms with Crippen LogP contribution in [0.3, 0.4) is 0 Å². The number of carbonyl (C=O) groups is 2. The second kappa shape index (κ2) is 8.85. The molecule has 0 unspecified atom stereocenters. The molecule has 3 aromatic carbocycles. The first-order valence-electron chi connectivity index (χ1n) is 11.2. The summed E-state index contributed by atoms with van der Waals surface area (Å²) in [4.78, 5) is 40.9. The van der Waals surface area contributed by atoms with Crippen LogP contribution in [0.1, 0.15) is 27.9 Å². The van der Waals surface area contributed by atoms with Crippen molar-refractivity contribution in [1.82, 2.24) is 0 Å². The van der Waals surface area contributed by atoms with Crippen LogP contribution in [0.4, 0.5) is 5.69 Å². The van der Waals surface area contributed by atoms with E-state index >= 15 is 0 Å². The van der Waals surface area contributed by atoms with Crippen LogP contribution in [0.2, 0.25) is 0 Å². The fraction of sp³-hybridized carbons (Fsp3) is 0.179. The van der Waals surface area contributed by atoms with Crippen LogP contribution < -0.4 is 15.3 Å². The molecule has 0 saturated carbocycles. The second-order valence-corrected chi connectivity index (χ2v) is 8.50. The summed E-state index contributed by atoms with van der Waals surface area (Å²) in [7, 11) is 1.45. The van der Waals surface area contributed by atoms with E-state index in [4.69, 9.17) is 9.15 Å². The number of anilines is 1. The van der Waals surface area contributed by atoms with E-state index in [0.29, 0.717) is 35.4 Å². The highest BCUT2D eigenvalue weighted by molar-refractivity contribution is 6.11. The van der Waals surface area contributed by atoms with Crippen LogP contribution in [0, 0.1) is 0 Å². The fourth-order valence-corrected chi connectivity index (χ4v) is 4.59. The largest absolute Gasteiger partial charge is 0.493 e. The highest BCUT2D eigenvalue weighted by Gasteiger charge is 2.50. The van der Waals surface area contributed by atoms with Gasteiger partial charge in [0.05, 0.1) is 19.2 Å². The van der Waals surface area contributed by atoms with Gasteiger partial charge in [-0.3, -0.25) is 9.59 Å². The van der Waals surface area contributed by atoms with Gasteiger partial charge in [-0.05, 0) is 30.2 Å². The molecule has 0 aliphatic carbocycles. The molecule has 1 aliphatic heterocycles. The van der Waals surface area contributed by atoms with Gasteiger partial charge < -0.3 is 19.2 Å². The van der Waals surface area contributed by atoms with Gasteiger partial charge in [-0.2, -0.15) is 0 Å². The molecule has 0 fully saturated rings. The number of hydrogen-bond donors (Lipinski definition) is 1. The van der Waals surface area contributed by atoms with Gasteiger partial charge in [0.15, 0.2) is 22.7 Å². The maximum Gasteiger partial charge on any atom is 0.347 e. The van der Waals surface area contributed by atoms with E-state index in [1.165, 1.54) is 18.1 Å². The summed E-state index contributed by atoms with van der Waals surface area (Å²) in [5, 5.41) is 12.0. The lowest BCUT2D eigenvalue weighted by Crippen LogP contribution is -2.43. The molecule has 7 heteroatoms. The van der Waals surface area contributed by atoms with E-state index in [1.807, 2.05) is 30.3 Å². The summed E-state index contributed by atoms with van der Waals surface area (Å²) in [5.74, 6) is -0.903. The molecule has 1 amide bonds. The molecule has 5 rings (SSSR count). The Morgan fingerprint density at radius 2 is 1.74 bits per heavy atom. The molecule has 7 nitrogen and oxygen atoms in total. The molecule has 176 valence electrons. The molecule has 2 heterocycles. The van der Waals surface area contributed by atoms with Crippen molar-refractivity contribution >= 4 is 28.3 Å². The monoisotopic (exact) mass is 469 g/mol. The summed E-state index contributed by atoms with van der Waals surface area (Å²) in [6.45, 7) is 0.342. The van der Waals surface area contributed by atoms with E-state index in [-0.39, 0.29) is 11.1 Å². The van der Waals surface area contributed by atoms with Crippen molar-refractivity contribution in [2.75, 3.05) is 18.6 Å². The Kier molecular flexibility index (Phi) is 5.70. The predicted molar refractivity (Wildman–Crippen MR) is 131 cm³/mol. The molecule has 1 aromatic heterocycles. The number of ketones is 1. The first-order chi connectivity index (χ1) is 16.9. The van der Waals surface area contributed by atoms with E-state index < -0.39 is 29.3 Å². The second-order valence-electron chi connectivity index (χ2n) is 8.50. The number of nitrogens with zero attached hydrogens (tertiary/aromatic N) is 1. The molecule has 0 radical (unpaired) electrons. The zero-order valence-electron chi connectivity index (χ0n) is 19.1. The average molecular weight is 469 g/mol. The summed E-state index contributed by atoms with van der Waals surface area (Å²) >= 11 is 0. The van der Waals surface area contributed by atoms with Gasteiger partial charge in [0.1, 0.15) is 5.56 Å². The minimum absolute atomic E-state index is 0.227. The lowest BCUT2D eigenvalue weighted by molar-refractivity contribution is -0.135. The molecule has 1 N–H and O–H groups in total. The minimum Gasteiger partial charge on any atom is -0.493 e. The minimum atomic E-state index is -2.08. The molecule has 0 spiro atoms. The topological polar surface area (TPSA) is 97.0 Å². The maximum atomic E-state index is 13.5. The van der Waals surface area contributed by atoms with Crippen molar-refractivity contribution in [3.63, 3.8) is 0 Å². The normalized spacial score (nSPS) is 17.0. The van der Waals surface area contributed by atoms with Crippen LogP contribution in [-0.4, -0.2) is 30.5 Å². The third-order valence-corrected chi connectivity index (χ3v) is 6.37. The number of carbonyl (C=O) groups excluding carboxylic acids is 2. The molecule has 4 aromatic rings. The molecular formula is C28H23NO6. The zero-order chi connectivity index (χ0) is 24.6. The van der Waals surface area contributed by atoms with Crippen LogP contribution in [0.15, 0.2) is 88.1 Å². The highest BCUT2D eigenvalue weighted by atomic mass is 16.5. The molecular weight excluding hydrogens is 446 g/mol. The summed E-state index contributed by atoms with van der Waals surface area (Å²) in [6.07, 6.45) is 0.00591. The highest BCUT2D eigenvalue weighted by Crippen LogP contribution is 2.43. The molecule has 0 bridgehead atoms. The quantitative estimate of drug-likeness (QED) is 0.326. The fourth-order valence-electron chi connectivity index (χ4n) is 4.59. The summed E-state index contributed by atoms with van der Waals surface area (Å²) in [6, 6.07) is 23.0. The number of amides is 1. The first kappa shape index (κ1) is 22.6. The molecule has 35 heavy (non-hydrogen) atoms. The van der Waals surface area contributed by atoms with Gasteiger partial charge in [-0.15, -0.1) is 0 Å². The lowest BCUT2D eigenvalue weighted by Gasteiger charge is -2.22. The zero-order valence-corrected chi connectivity index (χ0v) is 19.1. The van der Waals surface area contributed by atoms with Gasteiger partial charge in [-0.1, -0.05) is 60.7 Å². The predicted octanol–water partition coefficient (Wildman–Crippen LogP) is 3.85. The Morgan fingerprint density at radius 1 is 1.00 bits per heavy atom. The molecule has 1 aliphatic rings. The number of hydrogen-bond acceptors (Lipinski definition) is 6. The van der Waals surface area contributed by atoms with Crippen molar-refractivity contribution < 1.29 is 23.8 Å². The van der Waals surface area contributed by atoms with E-state index in [9.17, 15) is 19.5 Å². The van der Waals surface area contributed by atoms with Crippen molar-refractivity contribution in [2.45, 2.75) is 18.4 Å². The van der Waals surface area contributed by atoms with Gasteiger partial charge in [0.25, 0.3) is 5.91 Å².